The van der Waals surface area contributed by atoms with Gasteiger partial charge in [-0.25, -0.2) is 9.29 Å². The molecule has 4 amide bonds. The highest BCUT2D eigenvalue weighted by atomic mass is 35.5. The molecule has 0 bridgehead atoms. The van der Waals surface area contributed by atoms with Crippen molar-refractivity contribution in [2.24, 2.45) is 17.8 Å². The Bertz CT molecular complexity index is 1970. The van der Waals surface area contributed by atoms with Crippen molar-refractivity contribution in [3.05, 3.63) is 89.8 Å². The first-order valence-electron chi connectivity index (χ1n) is 16.4. The van der Waals surface area contributed by atoms with Crippen LogP contribution in [0.1, 0.15) is 24.3 Å². The van der Waals surface area contributed by atoms with Gasteiger partial charge in [0.25, 0.3) is 11.8 Å². The van der Waals surface area contributed by atoms with Gasteiger partial charge in [0.15, 0.2) is 9.75 Å². The van der Waals surface area contributed by atoms with Crippen LogP contribution in [0.5, 0.6) is 11.5 Å². The van der Waals surface area contributed by atoms with Crippen molar-refractivity contribution in [1.82, 2.24) is 0 Å². The van der Waals surface area contributed by atoms with E-state index in [-0.39, 0.29) is 35.7 Å². The van der Waals surface area contributed by atoms with Gasteiger partial charge in [-0.05, 0) is 73.4 Å². The monoisotopic (exact) mass is 719 g/mol. The normalized spacial score (nSPS) is 30.6. The lowest BCUT2D eigenvalue weighted by atomic mass is 9.56. The minimum Gasteiger partial charge on any atom is -0.508 e. The van der Waals surface area contributed by atoms with Gasteiger partial charge in [0.1, 0.15) is 17.3 Å². The molecule has 0 radical (unpaired) electrons. The van der Waals surface area contributed by atoms with Crippen LogP contribution in [-0.2, 0) is 23.9 Å². The Morgan fingerprint density at radius 2 is 1.48 bits per heavy atom. The minimum absolute atomic E-state index is 0.0715. The number of fused-ring (bicyclic) bond motifs is 4. The Hall–Kier alpha value is -4.45. The molecule has 258 valence electrons. The smallest absolute Gasteiger partial charge is 0.258 e. The summed E-state index contributed by atoms with van der Waals surface area (Å²) in [7, 11) is 1.44. The Morgan fingerprint density at radius 3 is 2.14 bits per heavy atom. The molecule has 3 aliphatic heterocycles. The van der Waals surface area contributed by atoms with E-state index in [0.29, 0.717) is 30.2 Å². The average Bonchev–Trinajstić information content (AvgIpc) is 3.47. The van der Waals surface area contributed by atoms with Gasteiger partial charge in [0.05, 0.1) is 43.5 Å². The lowest BCUT2D eigenvalue weighted by Crippen LogP contribution is -2.60. The molecule has 0 unspecified atom stereocenters. The van der Waals surface area contributed by atoms with E-state index in [0.717, 1.165) is 35.8 Å². The fourth-order valence-electron chi connectivity index (χ4n) is 8.53. The third-order valence-electron chi connectivity index (χ3n) is 10.9. The number of imide groups is 2. The van der Waals surface area contributed by atoms with Crippen LogP contribution in [0.15, 0.2) is 78.4 Å². The quantitative estimate of drug-likeness (QED) is 0.219. The first-order chi connectivity index (χ1) is 24.0. The van der Waals surface area contributed by atoms with Crippen molar-refractivity contribution in [2.45, 2.75) is 28.5 Å². The summed E-state index contributed by atoms with van der Waals surface area (Å²) in [5, 5.41) is 11.3. The van der Waals surface area contributed by atoms with Crippen LogP contribution in [0.3, 0.4) is 0 Å². The van der Waals surface area contributed by atoms with E-state index < -0.39 is 57.0 Å². The minimum atomic E-state index is -2.16. The molecule has 3 aromatic rings. The molecule has 3 aromatic carbocycles. The van der Waals surface area contributed by atoms with E-state index in [2.05, 4.69) is 4.90 Å². The second-order valence-electron chi connectivity index (χ2n) is 13.3. The number of carbonyl (C=O) groups excluding carboxylic acids is 4. The van der Waals surface area contributed by atoms with E-state index in [1.54, 1.807) is 30.3 Å². The largest absolute Gasteiger partial charge is 0.508 e. The maximum atomic E-state index is 14.5. The Morgan fingerprint density at radius 1 is 0.840 bits per heavy atom. The zero-order valence-electron chi connectivity index (χ0n) is 26.9. The number of halogens is 3. The molecule has 3 heterocycles. The number of aromatic hydroxyl groups is 1. The number of phenols is 1. The van der Waals surface area contributed by atoms with Crippen molar-refractivity contribution in [1.29, 1.82) is 0 Å². The lowest BCUT2D eigenvalue weighted by molar-refractivity contribution is -0.125. The fourth-order valence-corrected chi connectivity index (χ4v) is 9.45. The predicted molar refractivity (Wildman–Crippen MR) is 183 cm³/mol. The van der Waals surface area contributed by atoms with Crippen molar-refractivity contribution in [3.8, 4) is 11.5 Å². The topological polar surface area (TPSA) is 117 Å². The molecule has 50 heavy (non-hydrogen) atoms. The molecule has 4 fully saturated rings. The maximum Gasteiger partial charge on any atom is 0.258 e. The van der Waals surface area contributed by atoms with Gasteiger partial charge in [-0.1, -0.05) is 17.7 Å². The maximum absolute atomic E-state index is 14.5. The second-order valence-corrected chi connectivity index (χ2v) is 14.5. The third kappa shape index (κ3) is 4.56. The molecule has 0 spiro atoms. The number of ether oxygens (including phenoxy) is 2. The van der Waals surface area contributed by atoms with Crippen molar-refractivity contribution < 1.29 is 38.1 Å². The highest BCUT2D eigenvalue weighted by molar-refractivity contribution is 6.58. The van der Waals surface area contributed by atoms with Gasteiger partial charge in [0, 0.05) is 36.3 Å². The van der Waals surface area contributed by atoms with E-state index in [4.69, 9.17) is 32.7 Å². The Balaban J connectivity index is 1.22. The Kier molecular flexibility index (Phi) is 7.74. The van der Waals surface area contributed by atoms with Crippen molar-refractivity contribution >= 4 is 63.9 Å². The van der Waals surface area contributed by atoms with Gasteiger partial charge >= 0.3 is 0 Å². The molecule has 0 aromatic heterocycles. The number of allylic oxidation sites excluding steroid dienone is 2. The molecule has 6 atom stereocenters. The van der Waals surface area contributed by atoms with Crippen molar-refractivity contribution in [2.75, 3.05) is 48.1 Å². The summed E-state index contributed by atoms with van der Waals surface area (Å²) in [5.41, 5.74) is 2.18. The van der Waals surface area contributed by atoms with E-state index >= 15 is 0 Å². The van der Waals surface area contributed by atoms with Gasteiger partial charge in [-0.3, -0.25) is 24.1 Å². The number of benzene rings is 3. The summed E-state index contributed by atoms with van der Waals surface area (Å²) in [4.78, 5) is 57.3. The van der Waals surface area contributed by atoms with Crippen LogP contribution in [0.4, 0.5) is 21.5 Å². The number of morpholine rings is 1. The molecule has 5 aliphatic rings. The highest BCUT2D eigenvalue weighted by Crippen LogP contribution is 2.66. The van der Waals surface area contributed by atoms with Crippen molar-refractivity contribution in [3.63, 3.8) is 0 Å². The van der Waals surface area contributed by atoms with E-state index in [1.807, 2.05) is 12.1 Å². The molecular weight excluding hydrogens is 688 g/mol. The van der Waals surface area contributed by atoms with Crippen LogP contribution < -0.4 is 19.4 Å². The molecule has 2 aliphatic carbocycles. The third-order valence-corrected chi connectivity index (χ3v) is 12.3. The number of hydrogen-bond acceptors (Lipinski definition) is 8. The number of nitrogens with zero attached hydrogens (tertiary/aromatic N) is 3. The number of phenolic OH excluding ortho intramolecular Hbond substituents is 1. The number of carbonyl (C=O) groups is 4. The first kappa shape index (κ1) is 32.7. The van der Waals surface area contributed by atoms with Crippen LogP contribution in [0.25, 0.3) is 0 Å². The fraction of sp³-hybridized carbons (Fsp3) is 0.351. The summed E-state index contributed by atoms with van der Waals surface area (Å²) >= 11 is 14.8. The second kappa shape index (κ2) is 11.8. The predicted octanol–water partition coefficient (Wildman–Crippen LogP) is 5.14. The molecule has 13 heteroatoms. The van der Waals surface area contributed by atoms with E-state index in [1.165, 1.54) is 30.2 Å². The zero-order chi connectivity index (χ0) is 35.1. The van der Waals surface area contributed by atoms with Crippen LogP contribution >= 0.6 is 23.2 Å². The number of rotatable bonds is 5. The Labute approximate surface area is 296 Å². The standard InChI is InChI=1S/C37H32Cl2FN3O7/c1-49-24-10-11-26(29(44)18-24)31-25-12-13-27-30(33(46)42(32(27)45)22-8-6-21(7-9-22)41-14-16-50-17-15-41)28(25)19-36(38)34(47)43(35(48)37(31,36)39)23-4-2-20(40)3-5-23/h2-12,18,27-28,30-31,44H,13-17,19H2,1H3/t27-,28+,30-,31+,36+,37-/m0/s1. The molecule has 3 saturated heterocycles. The van der Waals surface area contributed by atoms with Crippen LogP contribution in [0.2, 0.25) is 0 Å². The number of amides is 4. The summed E-state index contributed by atoms with van der Waals surface area (Å²) in [6.07, 6.45) is 1.74. The van der Waals surface area contributed by atoms with Gasteiger partial charge in [-0.2, -0.15) is 0 Å². The van der Waals surface area contributed by atoms with E-state index in [9.17, 15) is 28.7 Å². The zero-order valence-corrected chi connectivity index (χ0v) is 28.4. The van der Waals surface area contributed by atoms with Crippen LogP contribution in [-0.4, -0.2) is 71.9 Å². The number of alkyl halides is 2. The van der Waals surface area contributed by atoms with Gasteiger partial charge < -0.3 is 19.5 Å². The lowest BCUT2D eigenvalue weighted by Gasteiger charge is -2.50. The summed E-state index contributed by atoms with van der Waals surface area (Å²) in [5.74, 6) is -6.61. The van der Waals surface area contributed by atoms with Crippen LogP contribution in [0, 0.1) is 23.6 Å². The number of anilines is 3. The number of hydrogen-bond donors (Lipinski definition) is 1. The molecular formula is C37H32Cl2FN3O7. The highest BCUT2D eigenvalue weighted by Gasteiger charge is 2.77. The molecule has 1 saturated carbocycles. The SMILES string of the molecule is COc1ccc([C@H]2C3=CC[C@@H]4C(=O)N(c5ccc(N6CCOCC6)cc5)C(=O)[C@@H]4[C@@H]3C[C@@]3(Cl)C(=O)N(c4ccc(F)cc4)C(=O)[C@@]23Cl)c(O)c1. The molecule has 8 rings (SSSR count). The number of methoxy groups -OCH3 is 1. The summed E-state index contributed by atoms with van der Waals surface area (Å²) < 4.78 is 24.6. The van der Waals surface area contributed by atoms with Gasteiger partial charge in [0.2, 0.25) is 11.8 Å². The van der Waals surface area contributed by atoms with Gasteiger partial charge in [-0.15, -0.1) is 23.2 Å². The molecule has 10 nitrogen and oxygen atoms in total. The first-order valence-corrected chi connectivity index (χ1v) is 17.1. The summed E-state index contributed by atoms with van der Waals surface area (Å²) in [6, 6.07) is 16.6. The average molecular weight is 721 g/mol. The summed E-state index contributed by atoms with van der Waals surface area (Å²) in [6.45, 7) is 2.69. The molecule has 1 N–H and O–H groups in total.